The van der Waals surface area contributed by atoms with Gasteiger partial charge < -0.3 is 19.7 Å². The van der Waals surface area contributed by atoms with Gasteiger partial charge >= 0.3 is 5.97 Å². The van der Waals surface area contributed by atoms with E-state index in [2.05, 4.69) is 11.9 Å². The molecule has 0 bridgehead atoms. The predicted molar refractivity (Wildman–Crippen MR) is 97.0 cm³/mol. The van der Waals surface area contributed by atoms with Crippen LogP contribution < -0.4 is 15.0 Å². The van der Waals surface area contributed by atoms with Crippen molar-refractivity contribution in [3.05, 3.63) is 36.4 Å². The molecule has 1 fully saturated rings. The molecule has 1 saturated heterocycles. The van der Waals surface area contributed by atoms with Crippen molar-refractivity contribution in [2.45, 2.75) is 26.4 Å². The van der Waals surface area contributed by atoms with Gasteiger partial charge in [-0.2, -0.15) is 0 Å². The smallest absolute Gasteiger partial charge is 0.312 e. The van der Waals surface area contributed by atoms with E-state index in [1.807, 2.05) is 19.1 Å². The second-order valence-corrected chi connectivity index (χ2v) is 6.19. The number of rotatable bonds is 7. The summed E-state index contributed by atoms with van der Waals surface area (Å²) in [4.78, 5) is 38.1. The zero-order valence-corrected chi connectivity index (χ0v) is 15.3. The molecule has 140 valence electrons. The number of anilines is 1. The molecular weight excluding hydrogens is 336 g/mol. The standard InChI is InChI=1S/C19H24N2O5/c1-5-8-20-18(23)13(3)26-19(24)14-10-17(22)21(11-14)15-9-12(2)6-7-16(15)25-4/h5-7,9,13-14H,1,8,10-11H2,2-4H3,(H,20,23)/t13-,14+/m0/s1. The average molecular weight is 360 g/mol. The van der Waals surface area contributed by atoms with E-state index >= 15 is 0 Å². The number of nitrogens with zero attached hydrogens (tertiary/aromatic N) is 1. The van der Waals surface area contributed by atoms with Crippen LogP contribution in [0.3, 0.4) is 0 Å². The topological polar surface area (TPSA) is 84.9 Å². The van der Waals surface area contributed by atoms with Crippen molar-refractivity contribution in [1.82, 2.24) is 5.32 Å². The molecule has 1 aromatic carbocycles. The van der Waals surface area contributed by atoms with E-state index in [1.165, 1.54) is 25.0 Å². The second-order valence-electron chi connectivity index (χ2n) is 6.19. The summed E-state index contributed by atoms with van der Waals surface area (Å²) >= 11 is 0. The normalized spacial score (nSPS) is 17.6. The lowest BCUT2D eigenvalue weighted by Gasteiger charge is -2.20. The minimum Gasteiger partial charge on any atom is -0.495 e. The Morgan fingerprint density at radius 3 is 2.85 bits per heavy atom. The molecule has 7 nitrogen and oxygen atoms in total. The van der Waals surface area contributed by atoms with Gasteiger partial charge in [0.1, 0.15) is 5.75 Å². The van der Waals surface area contributed by atoms with E-state index in [9.17, 15) is 14.4 Å². The molecule has 1 aliphatic rings. The van der Waals surface area contributed by atoms with E-state index in [0.29, 0.717) is 18.0 Å². The second kappa shape index (κ2) is 8.51. The molecule has 1 N–H and O–H groups in total. The summed E-state index contributed by atoms with van der Waals surface area (Å²) < 4.78 is 10.5. The van der Waals surface area contributed by atoms with Gasteiger partial charge in [-0.1, -0.05) is 12.1 Å². The van der Waals surface area contributed by atoms with Gasteiger partial charge in [0.2, 0.25) is 5.91 Å². The number of ether oxygens (including phenoxy) is 2. The van der Waals surface area contributed by atoms with Crippen molar-refractivity contribution in [3.8, 4) is 5.75 Å². The maximum Gasteiger partial charge on any atom is 0.312 e. The Bertz CT molecular complexity index is 716. The lowest BCUT2D eigenvalue weighted by Crippen LogP contribution is -2.37. The Hall–Kier alpha value is -2.83. The molecule has 1 heterocycles. The number of carbonyl (C=O) groups is 3. The van der Waals surface area contributed by atoms with Gasteiger partial charge in [0.25, 0.3) is 5.91 Å². The van der Waals surface area contributed by atoms with E-state index in [1.54, 1.807) is 6.07 Å². The molecule has 2 amide bonds. The highest BCUT2D eigenvalue weighted by atomic mass is 16.5. The molecular formula is C19H24N2O5. The van der Waals surface area contributed by atoms with Crippen LogP contribution in [0, 0.1) is 12.8 Å². The first-order valence-electron chi connectivity index (χ1n) is 8.41. The van der Waals surface area contributed by atoms with Crippen LogP contribution in [0.4, 0.5) is 5.69 Å². The first-order valence-corrected chi connectivity index (χ1v) is 8.41. The highest BCUT2D eigenvalue weighted by Crippen LogP contribution is 2.34. The third-order valence-corrected chi connectivity index (χ3v) is 4.17. The quantitative estimate of drug-likeness (QED) is 0.590. The lowest BCUT2D eigenvalue weighted by molar-refractivity contribution is -0.158. The van der Waals surface area contributed by atoms with E-state index in [-0.39, 0.29) is 18.9 Å². The van der Waals surface area contributed by atoms with Crippen LogP contribution in [-0.4, -0.2) is 44.1 Å². The molecule has 0 spiro atoms. The minimum atomic E-state index is -0.930. The number of carbonyl (C=O) groups excluding carboxylic acids is 3. The molecule has 0 aromatic heterocycles. The van der Waals surface area contributed by atoms with Crippen molar-refractivity contribution in [2.24, 2.45) is 5.92 Å². The zero-order chi connectivity index (χ0) is 19.3. The Morgan fingerprint density at radius 2 is 2.19 bits per heavy atom. The molecule has 0 unspecified atom stereocenters. The fourth-order valence-corrected chi connectivity index (χ4v) is 2.75. The van der Waals surface area contributed by atoms with E-state index < -0.39 is 23.9 Å². The van der Waals surface area contributed by atoms with Crippen molar-refractivity contribution in [3.63, 3.8) is 0 Å². The SMILES string of the molecule is C=CCNC(=O)[C@H](C)OC(=O)[C@@H]1CC(=O)N(c2cc(C)ccc2OC)C1. The van der Waals surface area contributed by atoms with Crippen molar-refractivity contribution < 1.29 is 23.9 Å². The Labute approximate surface area is 153 Å². The number of benzene rings is 1. The fraction of sp³-hybridized carbons (Fsp3) is 0.421. The van der Waals surface area contributed by atoms with Crippen LogP contribution in [0.5, 0.6) is 5.75 Å². The third-order valence-electron chi connectivity index (χ3n) is 4.17. The number of hydrogen-bond donors (Lipinski definition) is 1. The molecule has 0 radical (unpaired) electrons. The zero-order valence-electron chi connectivity index (χ0n) is 15.3. The highest BCUT2D eigenvalue weighted by Gasteiger charge is 2.38. The number of aryl methyl sites for hydroxylation is 1. The largest absolute Gasteiger partial charge is 0.495 e. The molecule has 2 rings (SSSR count). The number of hydrogen-bond acceptors (Lipinski definition) is 5. The molecule has 0 aliphatic carbocycles. The number of methoxy groups -OCH3 is 1. The van der Waals surface area contributed by atoms with Crippen molar-refractivity contribution in [1.29, 1.82) is 0 Å². The van der Waals surface area contributed by atoms with Gasteiger partial charge in [-0.05, 0) is 31.5 Å². The van der Waals surface area contributed by atoms with Crippen LogP contribution in [-0.2, 0) is 19.1 Å². The van der Waals surface area contributed by atoms with Crippen LogP contribution in [0.1, 0.15) is 18.9 Å². The predicted octanol–water partition coefficient (Wildman–Crippen LogP) is 1.59. The molecule has 1 aliphatic heterocycles. The summed E-state index contributed by atoms with van der Waals surface area (Å²) in [6, 6.07) is 5.52. The molecule has 2 atom stereocenters. The van der Waals surface area contributed by atoms with Crippen LogP contribution in [0.15, 0.2) is 30.9 Å². The van der Waals surface area contributed by atoms with Crippen molar-refractivity contribution in [2.75, 3.05) is 25.1 Å². The molecule has 0 saturated carbocycles. The van der Waals surface area contributed by atoms with Crippen molar-refractivity contribution >= 4 is 23.5 Å². The first kappa shape index (κ1) is 19.5. The van der Waals surface area contributed by atoms with E-state index in [4.69, 9.17) is 9.47 Å². The monoisotopic (exact) mass is 360 g/mol. The summed E-state index contributed by atoms with van der Waals surface area (Å²) in [5.74, 6) is -1.20. The van der Waals surface area contributed by atoms with Gasteiger partial charge in [0.15, 0.2) is 6.10 Å². The number of amides is 2. The summed E-state index contributed by atoms with van der Waals surface area (Å²) in [6.07, 6.45) is 0.645. The summed E-state index contributed by atoms with van der Waals surface area (Å²) in [5, 5.41) is 2.56. The Morgan fingerprint density at radius 1 is 1.46 bits per heavy atom. The summed E-state index contributed by atoms with van der Waals surface area (Å²) in [5.41, 5.74) is 1.61. The summed E-state index contributed by atoms with van der Waals surface area (Å²) in [6.45, 7) is 7.40. The number of nitrogens with one attached hydrogen (secondary N) is 1. The Balaban J connectivity index is 2.05. The van der Waals surface area contributed by atoms with Gasteiger partial charge in [-0.15, -0.1) is 6.58 Å². The highest BCUT2D eigenvalue weighted by molar-refractivity contribution is 6.00. The van der Waals surface area contributed by atoms with Gasteiger partial charge in [-0.25, -0.2) is 0 Å². The average Bonchev–Trinajstić information content (AvgIpc) is 3.01. The van der Waals surface area contributed by atoms with Crippen LogP contribution in [0.2, 0.25) is 0 Å². The summed E-state index contributed by atoms with van der Waals surface area (Å²) in [7, 11) is 1.53. The van der Waals surface area contributed by atoms with Gasteiger partial charge in [0, 0.05) is 19.5 Å². The minimum absolute atomic E-state index is 0.0386. The lowest BCUT2D eigenvalue weighted by atomic mass is 10.1. The van der Waals surface area contributed by atoms with E-state index in [0.717, 1.165) is 5.56 Å². The van der Waals surface area contributed by atoms with Crippen LogP contribution >= 0.6 is 0 Å². The fourth-order valence-electron chi connectivity index (χ4n) is 2.75. The third kappa shape index (κ3) is 4.41. The molecule has 26 heavy (non-hydrogen) atoms. The maximum absolute atomic E-state index is 12.4. The maximum atomic E-state index is 12.4. The van der Waals surface area contributed by atoms with Crippen LogP contribution in [0.25, 0.3) is 0 Å². The van der Waals surface area contributed by atoms with Gasteiger partial charge in [0.05, 0.1) is 18.7 Å². The molecule has 1 aromatic rings. The first-order chi connectivity index (χ1) is 12.4. The molecule has 7 heteroatoms. The number of esters is 1. The van der Waals surface area contributed by atoms with Gasteiger partial charge in [-0.3, -0.25) is 14.4 Å². The Kier molecular flexibility index (Phi) is 6.38.